The zero-order valence-corrected chi connectivity index (χ0v) is 46.3. The van der Waals surface area contributed by atoms with Gasteiger partial charge in [-0.05, 0) is 106 Å². The van der Waals surface area contributed by atoms with Crippen molar-refractivity contribution in [1.29, 1.82) is 0 Å². The van der Waals surface area contributed by atoms with Gasteiger partial charge in [-0.25, -0.2) is 9.18 Å². The first kappa shape index (κ1) is 60.9. The Hall–Kier alpha value is -3.36. The number of hydrogen-bond donors (Lipinski definition) is 6. The molecule has 0 unspecified atom stereocenters. The lowest BCUT2D eigenvalue weighted by molar-refractivity contribution is -0.318. The van der Waals surface area contributed by atoms with E-state index in [0.29, 0.717) is 50.6 Å². The van der Waals surface area contributed by atoms with E-state index in [9.17, 15) is 39.9 Å². The second-order valence-electron chi connectivity index (χ2n) is 22.8. The van der Waals surface area contributed by atoms with Crippen LogP contribution in [0.3, 0.4) is 0 Å². The van der Waals surface area contributed by atoms with E-state index in [4.69, 9.17) is 37.9 Å². The number of hydrogen-bond acceptors (Lipinski definition) is 19. The zero-order valence-electron chi connectivity index (χ0n) is 46.3. The standard InChI is InChI=1S/C53H88FN5O16/c1-14-40-53(10,67)45(62)33(6)56(11)26-29(2)23-51(8,66)47(31(4)44(32(5)48(64)73-40)74-42-24-52(9,68-13)46(63)34(7)71-42)75-49-43(61)39(21-30(3)70-49)57(12)28-41(60)55-25-36-27-59(50(65)72-36)35-15-16-38(37(54)22-35)58-17-19-69-20-18-58/h15-16,22,29-34,36,39-40,42-47,49,61-63,66-67H,14,17-21,23-28H2,1-13H3,(H,55,60)/t29-,30-,31+,32-,33-,34+,36+,39+,40-,42-,43-,44+,45-,46+,47-,49+,51-,52-,53-/m1/s1. The van der Waals surface area contributed by atoms with Gasteiger partial charge in [-0.3, -0.25) is 19.4 Å². The van der Waals surface area contributed by atoms with Gasteiger partial charge in [-0.2, -0.15) is 0 Å². The van der Waals surface area contributed by atoms with Crippen LogP contribution >= 0.6 is 0 Å². The molecule has 1 aromatic rings. The minimum absolute atomic E-state index is 0.0200. The summed E-state index contributed by atoms with van der Waals surface area (Å²) in [7, 11) is 4.96. The maximum atomic E-state index is 15.3. The van der Waals surface area contributed by atoms with E-state index in [-0.39, 0.29) is 44.8 Å². The number of benzene rings is 1. The van der Waals surface area contributed by atoms with Gasteiger partial charge in [0.15, 0.2) is 12.6 Å². The Kier molecular flexibility index (Phi) is 20.4. The van der Waals surface area contributed by atoms with Gasteiger partial charge in [0.2, 0.25) is 5.91 Å². The number of nitrogens with zero attached hydrogens (tertiary/aromatic N) is 4. The normalized spacial score (nSPS) is 41.2. The fourth-order valence-electron chi connectivity index (χ4n) is 11.9. The third-order valence-corrected chi connectivity index (χ3v) is 16.5. The molecule has 0 aliphatic carbocycles. The molecule has 6 rings (SSSR count). The van der Waals surface area contributed by atoms with Crippen molar-refractivity contribution < 1.29 is 82.2 Å². The number of carbonyl (C=O) groups excluding carboxylic acids is 3. The zero-order chi connectivity index (χ0) is 55.5. The van der Waals surface area contributed by atoms with E-state index in [1.807, 2.05) is 23.6 Å². The van der Waals surface area contributed by atoms with Gasteiger partial charge in [0.05, 0.1) is 85.8 Å². The molecule has 6 N–H and O–H groups in total. The predicted molar refractivity (Wildman–Crippen MR) is 273 cm³/mol. The van der Waals surface area contributed by atoms with Crippen LogP contribution in [0.5, 0.6) is 0 Å². The molecule has 0 aromatic heterocycles. The highest BCUT2D eigenvalue weighted by Crippen LogP contribution is 2.40. The summed E-state index contributed by atoms with van der Waals surface area (Å²) in [5.74, 6) is -3.92. The second-order valence-corrected chi connectivity index (χ2v) is 22.8. The van der Waals surface area contributed by atoms with Crippen LogP contribution in [0.1, 0.15) is 94.9 Å². The smallest absolute Gasteiger partial charge is 0.414 e. The van der Waals surface area contributed by atoms with Crippen molar-refractivity contribution in [2.75, 3.05) is 83.5 Å². The number of rotatable bonds is 13. The molecule has 0 bridgehead atoms. The summed E-state index contributed by atoms with van der Waals surface area (Å²) in [5, 5.41) is 62.4. The number of carbonyl (C=O) groups is 3. The Morgan fingerprint density at radius 2 is 1.63 bits per heavy atom. The summed E-state index contributed by atoms with van der Waals surface area (Å²) in [6, 6.07) is 3.28. The van der Waals surface area contributed by atoms with Crippen LogP contribution in [-0.2, 0) is 47.5 Å². The Labute approximate surface area is 442 Å². The summed E-state index contributed by atoms with van der Waals surface area (Å²) in [6.45, 7) is 19.4. The lowest BCUT2D eigenvalue weighted by atomic mass is 9.77. The molecule has 21 nitrogen and oxygen atoms in total. The maximum absolute atomic E-state index is 15.3. The van der Waals surface area contributed by atoms with Gasteiger partial charge < -0.3 is 78.5 Å². The summed E-state index contributed by atoms with van der Waals surface area (Å²) in [6.07, 6.45) is -11.7. The molecule has 5 aliphatic heterocycles. The lowest BCUT2D eigenvalue weighted by Crippen LogP contribution is -2.61. The van der Waals surface area contributed by atoms with Crippen molar-refractivity contribution in [3.05, 3.63) is 24.0 Å². The van der Waals surface area contributed by atoms with Crippen molar-refractivity contribution in [3.8, 4) is 0 Å². The third-order valence-electron chi connectivity index (χ3n) is 16.5. The van der Waals surface area contributed by atoms with Gasteiger partial charge in [0, 0.05) is 51.2 Å². The quantitative estimate of drug-likeness (QED) is 0.155. The predicted octanol–water partition coefficient (Wildman–Crippen LogP) is 2.39. The van der Waals surface area contributed by atoms with Crippen LogP contribution < -0.4 is 15.1 Å². The Morgan fingerprint density at radius 1 is 0.947 bits per heavy atom. The molecule has 5 heterocycles. The molecule has 428 valence electrons. The molecule has 5 saturated heterocycles. The average molecular weight is 1070 g/mol. The first-order chi connectivity index (χ1) is 35.1. The summed E-state index contributed by atoms with van der Waals surface area (Å²) >= 11 is 0. The fourth-order valence-corrected chi connectivity index (χ4v) is 11.9. The van der Waals surface area contributed by atoms with E-state index >= 15 is 4.39 Å². The Balaban J connectivity index is 1.21. The van der Waals surface area contributed by atoms with Crippen LogP contribution in [-0.4, -0.2) is 223 Å². The van der Waals surface area contributed by atoms with Crippen molar-refractivity contribution in [3.63, 3.8) is 0 Å². The summed E-state index contributed by atoms with van der Waals surface area (Å²) in [4.78, 5) is 47.7. The van der Waals surface area contributed by atoms with Gasteiger partial charge in [0.1, 0.15) is 41.9 Å². The van der Waals surface area contributed by atoms with E-state index in [2.05, 4.69) is 5.32 Å². The summed E-state index contributed by atoms with van der Waals surface area (Å²) < 4.78 is 64.2. The van der Waals surface area contributed by atoms with E-state index in [0.717, 1.165) is 0 Å². The molecule has 5 fully saturated rings. The second kappa shape index (κ2) is 25.2. The molecule has 2 amide bonds. The topological polar surface area (TPSA) is 251 Å². The molecule has 0 saturated carbocycles. The SMILES string of the molecule is CC[C@H]1OC(=O)[C@H](C)[C@@H](O[C@@H]2C[C@@](C)(OC)[C@@H](O)[C@H](C)O2)[C@H](C)[C@@H](O[C@@H]2O[C@H](C)C[C@H](N(C)CC(=O)NC[C@H]3CN(c4ccc(N5CCOCC5)c(F)c4)C(=O)O3)[C@H]2O)[C@](C)(O)C[C@@H](C)CN(C)[C@H](C)[C@@H](O)[C@]1(C)O. The van der Waals surface area contributed by atoms with Crippen molar-refractivity contribution in [2.45, 2.75) is 191 Å². The number of nitrogens with one attached hydrogen (secondary N) is 1. The number of amides is 2. The van der Waals surface area contributed by atoms with Crippen LogP contribution in [0, 0.1) is 23.6 Å². The highest BCUT2D eigenvalue weighted by molar-refractivity contribution is 5.90. The van der Waals surface area contributed by atoms with Crippen LogP contribution in [0.4, 0.5) is 20.6 Å². The molecule has 0 spiro atoms. The third kappa shape index (κ3) is 14.1. The van der Waals surface area contributed by atoms with Gasteiger partial charge in [-0.15, -0.1) is 0 Å². The minimum atomic E-state index is -1.87. The molecule has 75 heavy (non-hydrogen) atoms. The molecular weight excluding hydrogens is 982 g/mol. The number of methoxy groups -OCH3 is 1. The van der Waals surface area contributed by atoms with E-state index < -0.39 is 132 Å². The number of morpholine rings is 1. The van der Waals surface area contributed by atoms with Crippen molar-refractivity contribution in [1.82, 2.24) is 15.1 Å². The largest absolute Gasteiger partial charge is 0.459 e. The number of anilines is 2. The molecule has 1 aromatic carbocycles. The maximum Gasteiger partial charge on any atom is 0.414 e. The Bertz CT molecular complexity index is 2070. The first-order valence-corrected chi connectivity index (χ1v) is 26.8. The Morgan fingerprint density at radius 3 is 2.27 bits per heavy atom. The summed E-state index contributed by atoms with van der Waals surface area (Å²) in [5.41, 5.74) is -3.94. The van der Waals surface area contributed by atoms with Crippen molar-refractivity contribution >= 4 is 29.3 Å². The molecule has 19 atom stereocenters. The number of cyclic esters (lactones) is 2. The van der Waals surface area contributed by atoms with Crippen LogP contribution in [0.2, 0.25) is 0 Å². The number of esters is 1. The van der Waals surface area contributed by atoms with E-state index in [1.54, 1.807) is 79.6 Å². The van der Waals surface area contributed by atoms with Crippen LogP contribution in [0.25, 0.3) is 0 Å². The lowest BCUT2D eigenvalue weighted by Gasteiger charge is -2.49. The molecule has 0 radical (unpaired) electrons. The molecule has 22 heteroatoms. The van der Waals surface area contributed by atoms with Gasteiger partial charge in [0.25, 0.3) is 0 Å². The van der Waals surface area contributed by atoms with Gasteiger partial charge in [-0.1, -0.05) is 20.8 Å². The van der Waals surface area contributed by atoms with E-state index in [1.165, 1.54) is 25.0 Å². The average Bonchev–Trinajstić information content (AvgIpc) is 3.74. The highest BCUT2D eigenvalue weighted by Gasteiger charge is 2.53. The minimum Gasteiger partial charge on any atom is -0.459 e. The number of aliphatic hydroxyl groups is 5. The molecule has 5 aliphatic rings. The number of aliphatic hydroxyl groups excluding tert-OH is 3. The molecular formula is C53H88FN5O16. The van der Waals surface area contributed by atoms with Gasteiger partial charge >= 0.3 is 12.1 Å². The number of likely N-dealkylation sites (N-methyl/N-ethyl adjacent to an activating group) is 2. The fraction of sp³-hybridized carbons (Fsp3) is 0.830. The monoisotopic (exact) mass is 1070 g/mol. The highest BCUT2D eigenvalue weighted by atomic mass is 19.1. The first-order valence-electron chi connectivity index (χ1n) is 26.8. The number of halogens is 1. The van der Waals surface area contributed by atoms with Crippen molar-refractivity contribution in [2.24, 2.45) is 17.8 Å². The number of ether oxygens (including phenoxy) is 8. The van der Waals surface area contributed by atoms with Crippen LogP contribution in [0.15, 0.2) is 18.2 Å².